The highest BCUT2D eigenvalue weighted by Gasteiger charge is 2.65. The summed E-state index contributed by atoms with van der Waals surface area (Å²) in [4.78, 5) is 18.0. The molecule has 3 saturated heterocycles. The number of ether oxygens (including phenoxy) is 2. The average Bonchev–Trinajstić information content (AvgIpc) is 3.47. The van der Waals surface area contributed by atoms with Crippen molar-refractivity contribution in [2.75, 3.05) is 44.2 Å². The third kappa shape index (κ3) is 3.30. The molecule has 0 N–H and O–H groups in total. The normalized spacial score (nSPS) is 41.3. The van der Waals surface area contributed by atoms with E-state index < -0.39 is 0 Å². The first-order chi connectivity index (χ1) is 15.4. The number of carbonyl (C=O) groups excluding carboxylic acids is 1. The van der Waals surface area contributed by atoms with E-state index in [0.29, 0.717) is 11.8 Å². The molecule has 5 aliphatic rings. The van der Waals surface area contributed by atoms with Crippen LogP contribution < -0.4 is 4.90 Å². The highest BCUT2D eigenvalue weighted by molar-refractivity contribution is 5.75. The van der Waals surface area contributed by atoms with Crippen molar-refractivity contribution >= 4 is 11.7 Å². The van der Waals surface area contributed by atoms with E-state index in [1.807, 2.05) is 0 Å². The topological polar surface area (TPSA) is 45.3 Å². The third-order valence-corrected chi connectivity index (χ3v) is 9.82. The highest BCUT2D eigenvalue weighted by Crippen LogP contribution is 2.62. The maximum Gasteiger partial charge on any atom is 0.310 e. The Morgan fingerprint density at radius 1 is 1.12 bits per heavy atom. The Labute approximate surface area is 192 Å². The molecule has 0 bridgehead atoms. The lowest BCUT2D eigenvalue weighted by Crippen LogP contribution is -2.52. The molecule has 0 aromatic heterocycles. The lowest BCUT2D eigenvalue weighted by atomic mass is 9.53. The SMILES string of the molecule is Cc1cccc(N2CCN(C[C@H]3C(=O)O[C@@H]4C[C@@]5(C)CCC[C@]6(CO6)[C@H]5C[C@@H]43)CC2)c1C. The Bertz CT molecular complexity index is 904. The van der Waals surface area contributed by atoms with Crippen LogP contribution in [0, 0.1) is 37.0 Å². The van der Waals surface area contributed by atoms with Crippen LogP contribution in [0.15, 0.2) is 18.2 Å². The highest BCUT2D eigenvalue weighted by atomic mass is 16.6. The predicted octanol–water partition coefficient (Wildman–Crippen LogP) is 3.95. The van der Waals surface area contributed by atoms with Gasteiger partial charge in [0.1, 0.15) is 6.10 Å². The van der Waals surface area contributed by atoms with E-state index in [1.165, 1.54) is 36.1 Å². The molecule has 174 valence electrons. The van der Waals surface area contributed by atoms with E-state index in [2.05, 4.69) is 48.8 Å². The molecule has 1 spiro atoms. The standard InChI is InChI=1S/C27H38N2O3/c1-18-6-4-7-22(19(18)2)29-12-10-28(11-13-29)16-21-20-14-24-26(3,15-23(20)32-25(21)30)8-5-9-27(24)17-31-27/h4,6-7,20-21,23-24H,5,8-17H2,1-3H3/t20-,21-,23-,24+,26-,27+/m1/s1. The van der Waals surface area contributed by atoms with Gasteiger partial charge in [-0.2, -0.15) is 0 Å². The summed E-state index contributed by atoms with van der Waals surface area (Å²) in [6.45, 7) is 12.7. The Hall–Kier alpha value is -1.59. The van der Waals surface area contributed by atoms with E-state index in [9.17, 15) is 4.79 Å². The van der Waals surface area contributed by atoms with Crippen LogP contribution in [0.5, 0.6) is 0 Å². The fourth-order valence-electron chi connectivity index (χ4n) is 7.69. The van der Waals surface area contributed by atoms with Crippen LogP contribution in [-0.4, -0.2) is 61.9 Å². The molecular formula is C27H38N2O3. The number of esters is 1. The summed E-state index contributed by atoms with van der Waals surface area (Å²) in [7, 11) is 0. The van der Waals surface area contributed by atoms with Gasteiger partial charge < -0.3 is 14.4 Å². The van der Waals surface area contributed by atoms with Crippen molar-refractivity contribution in [3.63, 3.8) is 0 Å². The monoisotopic (exact) mass is 438 g/mol. The number of anilines is 1. The maximum absolute atomic E-state index is 13.0. The van der Waals surface area contributed by atoms with E-state index in [4.69, 9.17) is 9.47 Å². The van der Waals surface area contributed by atoms with E-state index in [1.54, 1.807) is 0 Å². The van der Waals surface area contributed by atoms with E-state index in [-0.39, 0.29) is 29.0 Å². The number of rotatable bonds is 3. The smallest absolute Gasteiger partial charge is 0.310 e. The molecule has 5 fully saturated rings. The number of benzene rings is 1. The van der Waals surface area contributed by atoms with Gasteiger partial charge >= 0.3 is 5.97 Å². The second kappa shape index (κ2) is 7.46. The number of aryl methyl sites for hydroxylation is 1. The summed E-state index contributed by atoms with van der Waals surface area (Å²) in [6, 6.07) is 6.60. The first-order valence-corrected chi connectivity index (χ1v) is 12.8. The zero-order valence-electron chi connectivity index (χ0n) is 19.9. The Kier molecular flexibility index (Phi) is 4.89. The molecule has 32 heavy (non-hydrogen) atoms. The summed E-state index contributed by atoms with van der Waals surface area (Å²) < 4.78 is 12.1. The number of hydrogen-bond acceptors (Lipinski definition) is 5. The van der Waals surface area contributed by atoms with Gasteiger partial charge in [-0.25, -0.2) is 0 Å². The van der Waals surface area contributed by atoms with Gasteiger partial charge in [-0.3, -0.25) is 9.69 Å². The van der Waals surface area contributed by atoms with Gasteiger partial charge in [0, 0.05) is 44.3 Å². The van der Waals surface area contributed by atoms with Crippen molar-refractivity contribution < 1.29 is 14.3 Å². The molecule has 6 atom stereocenters. The van der Waals surface area contributed by atoms with E-state index in [0.717, 1.165) is 52.2 Å². The number of epoxide rings is 1. The lowest BCUT2D eigenvalue weighted by Gasteiger charge is -2.51. The molecule has 5 nitrogen and oxygen atoms in total. The van der Waals surface area contributed by atoms with Gasteiger partial charge in [-0.1, -0.05) is 19.1 Å². The van der Waals surface area contributed by atoms with Crippen molar-refractivity contribution in [2.24, 2.45) is 23.2 Å². The van der Waals surface area contributed by atoms with Crippen LogP contribution in [0.25, 0.3) is 0 Å². The predicted molar refractivity (Wildman–Crippen MR) is 125 cm³/mol. The second-order valence-electron chi connectivity index (χ2n) is 11.6. The maximum atomic E-state index is 13.0. The van der Waals surface area contributed by atoms with Gasteiger partial charge in [-0.05, 0) is 74.5 Å². The fraction of sp³-hybridized carbons (Fsp3) is 0.741. The minimum Gasteiger partial charge on any atom is -0.462 e. The van der Waals surface area contributed by atoms with Gasteiger partial charge in [-0.15, -0.1) is 0 Å². The molecule has 5 heteroatoms. The Morgan fingerprint density at radius 2 is 1.91 bits per heavy atom. The summed E-state index contributed by atoms with van der Waals surface area (Å²) in [5.74, 6) is 1.07. The van der Waals surface area contributed by atoms with Gasteiger partial charge in [0.25, 0.3) is 0 Å². The molecule has 0 unspecified atom stereocenters. The van der Waals surface area contributed by atoms with Gasteiger partial charge in [0.15, 0.2) is 0 Å². The van der Waals surface area contributed by atoms with Crippen molar-refractivity contribution in [2.45, 2.75) is 64.6 Å². The van der Waals surface area contributed by atoms with Crippen LogP contribution in [0.3, 0.4) is 0 Å². The molecule has 3 heterocycles. The molecule has 3 aliphatic heterocycles. The molecule has 2 aliphatic carbocycles. The number of nitrogens with zero attached hydrogens (tertiary/aromatic N) is 2. The molecule has 1 aromatic carbocycles. The lowest BCUT2D eigenvalue weighted by molar-refractivity contribution is -0.147. The van der Waals surface area contributed by atoms with Crippen molar-refractivity contribution in [1.82, 2.24) is 4.90 Å². The Morgan fingerprint density at radius 3 is 2.66 bits per heavy atom. The number of hydrogen-bond donors (Lipinski definition) is 0. The summed E-state index contributed by atoms with van der Waals surface area (Å²) in [5.41, 5.74) is 4.52. The van der Waals surface area contributed by atoms with Gasteiger partial charge in [0.05, 0.1) is 18.1 Å². The zero-order valence-corrected chi connectivity index (χ0v) is 19.9. The van der Waals surface area contributed by atoms with Crippen LogP contribution in [-0.2, 0) is 14.3 Å². The van der Waals surface area contributed by atoms with Crippen LogP contribution in [0.1, 0.15) is 50.2 Å². The molecule has 2 saturated carbocycles. The quantitative estimate of drug-likeness (QED) is 0.528. The average molecular weight is 439 g/mol. The number of piperazine rings is 1. The van der Waals surface area contributed by atoms with Crippen molar-refractivity contribution in [1.29, 1.82) is 0 Å². The minimum atomic E-state index is 0.0366. The summed E-state index contributed by atoms with van der Waals surface area (Å²) in [6.07, 6.45) is 6.00. The first kappa shape index (κ1) is 21.0. The molecule has 0 radical (unpaired) electrons. The van der Waals surface area contributed by atoms with Crippen LogP contribution >= 0.6 is 0 Å². The minimum absolute atomic E-state index is 0.0366. The van der Waals surface area contributed by atoms with Gasteiger partial charge in [0.2, 0.25) is 0 Å². The van der Waals surface area contributed by atoms with Crippen LogP contribution in [0.4, 0.5) is 5.69 Å². The fourth-order valence-corrected chi connectivity index (χ4v) is 7.69. The zero-order chi connectivity index (χ0) is 22.1. The Balaban J connectivity index is 1.12. The largest absolute Gasteiger partial charge is 0.462 e. The van der Waals surface area contributed by atoms with Crippen LogP contribution in [0.2, 0.25) is 0 Å². The first-order valence-electron chi connectivity index (χ1n) is 12.8. The summed E-state index contributed by atoms with van der Waals surface area (Å²) in [5, 5.41) is 0. The molecule has 6 rings (SSSR count). The van der Waals surface area contributed by atoms with Crippen molar-refractivity contribution in [3.05, 3.63) is 29.3 Å². The number of fused-ring (bicyclic) bond motifs is 3. The molecular weight excluding hydrogens is 400 g/mol. The van der Waals surface area contributed by atoms with E-state index >= 15 is 0 Å². The molecule has 1 aromatic rings. The third-order valence-electron chi connectivity index (χ3n) is 9.82. The summed E-state index contributed by atoms with van der Waals surface area (Å²) >= 11 is 0. The van der Waals surface area contributed by atoms with Crippen molar-refractivity contribution in [3.8, 4) is 0 Å². The molecule has 0 amide bonds. The second-order valence-corrected chi connectivity index (χ2v) is 11.6. The number of carbonyl (C=O) groups is 1.